The van der Waals surface area contributed by atoms with Crippen LogP contribution in [0.5, 0.6) is 0 Å². The predicted molar refractivity (Wildman–Crippen MR) is 80.5 cm³/mol. The zero-order valence-electron chi connectivity index (χ0n) is 13.5. The van der Waals surface area contributed by atoms with E-state index in [1.165, 1.54) is 12.4 Å². The fourth-order valence-corrected chi connectivity index (χ4v) is 3.12. The van der Waals surface area contributed by atoms with Crippen molar-refractivity contribution < 1.29 is 13.5 Å². The lowest BCUT2D eigenvalue weighted by Crippen LogP contribution is -2.37. The van der Waals surface area contributed by atoms with Crippen molar-refractivity contribution >= 4 is 0 Å². The molecule has 0 saturated carbocycles. The molecule has 1 aliphatic heterocycles. The van der Waals surface area contributed by atoms with Crippen LogP contribution in [0.1, 0.15) is 35.4 Å². The Kier molecular flexibility index (Phi) is 4.45. The van der Waals surface area contributed by atoms with Crippen LogP contribution in [-0.2, 0) is 11.3 Å². The average molecular weight is 325 g/mol. The molecule has 6 nitrogen and oxygen atoms in total. The summed E-state index contributed by atoms with van der Waals surface area (Å²) in [5, 5.41) is 4.53. The molecular weight excluding hydrogens is 304 g/mol. The lowest BCUT2D eigenvalue weighted by molar-refractivity contribution is 0.00457. The number of morpholine rings is 1. The van der Waals surface area contributed by atoms with Crippen molar-refractivity contribution in [2.75, 3.05) is 26.8 Å². The number of alkyl halides is 2. The molecule has 1 aliphatic rings. The Morgan fingerprint density at radius 2 is 2.17 bits per heavy atom. The van der Waals surface area contributed by atoms with E-state index in [2.05, 4.69) is 22.0 Å². The number of nitrogens with zero attached hydrogens (tertiary/aromatic N) is 5. The standard InChI is InChI=1S/C15H21F2N5O/c1-10-14(12-9-23-7-6-20(12)3)11(2)22(19-10)8-13-18-4-5-21(13)15(16)17/h4-5,12,15H,6-9H2,1-3H3. The van der Waals surface area contributed by atoms with Gasteiger partial charge in [0.1, 0.15) is 5.82 Å². The molecule has 0 amide bonds. The Hall–Kier alpha value is -1.80. The number of hydrogen-bond acceptors (Lipinski definition) is 4. The molecule has 8 heteroatoms. The van der Waals surface area contributed by atoms with Gasteiger partial charge in [0, 0.05) is 30.2 Å². The molecule has 1 unspecified atom stereocenters. The van der Waals surface area contributed by atoms with Gasteiger partial charge in [-0.2, -0.15) is 13.9 Å². The van der Waals surface area contributed by atoms with Crippen LogP contribution in [0.4, 0.5) is 8.78 Å². The quantitative estimate of drug-likeness (QED) is 0.864. The molecule has 23 heavy (non-hydrogen) atoms. The summed E-state index contributed by atoms with van der Waals surface area (Å²) < 4.78 is 34.1. The van der Waals surface area contributed by atoms with E-state index in [0.29, 0.717) is 12.4 Å². The molecule has 2 aromatic heterocycles. The lowest BCUT2D eigenvalue weighted by Gasteiger charge is -2.32. The van der Waals surface area contributed by atoms with Crippen molar-refractivity contribution in [3.8, 4) is 0 Å². The van der Waals surface area contributed by atoms with Gasteiger partial charge in [-0.05, 0) is 20.9 Å². The van der Waals surface area contributed by atoms with E-state index in [1.807, 2.05) is 13.8 Å². The van der Waals surface area contributed by atoms with Crippen molar-refractivity contribution in [1.29, 1.82) is 0 Å². The number of hydrogen-bond donors (Lipinski definition) is 0. The third-order valence-corrected chi connectivity index (χ3v) is 4.42. The number of rotatable bonds is 4. The molecule has 1 saturated heterocycles. The molecule has 3 rings (SSSR count). The van der Waals surface area contributed by atoms with Crippen LogP contribution in [-0.4, -0.2) is 51.0 Å². The molecule has 0 N–H and O–H groups in total. The van der Waals surface area contributed by atoms with E-state index >= 15 is 0 Å². The van der Waals surface area contributed by atoms with Crippen LogP contribution in [0.25, 0.3) is 0 Å². The number of aromatic nitrogens is 4. The second-order valence-corrected chi connectivity index (χ2v) is 5.84. The SMILES string of the molecule is Cc1nn(Cc2nccn2C(F)F)c(C)c1C1COCCN1C. The van der Waals surface area contributed by atoms with E-state index < -0.39 is 6.55 Å². The summed E-state index contributed by atoms with van der Waals surface area (Å²) in [6, 6.07) is 0.146. The highest BCUT2D eigenvalue weighted by atomic mass is 19.3. The second kappa shape index (κ2) is 6.37. The van der Waals surface area contributed by atoms with E-state index in [-0.39, 0.29) is 12.6 Å². The normalized spacial score (nSPS) is 19.7. The van der Waals surface area contributed by atoms with Crippen molar-refractivity contribution in [2.45, 2.75) is 33.0 Å². The summed E-state index contributed by atoms with van der Waals surface area (Å²) in [5.41, 5.74) is 2.98. The largest absolute Gasteiger partial charge is 0.378 e. The fraction of sp³-hybridized carbons (Fsp3) is 0.600. The van der Waals surface area contributed by atoms with Crippen LogP contribution in [0, 0.1) is 13.8 Å². The van der Waals surface area contributed by atoms with Gasteiger partial charge in [-0.25, -0.2) is 4.98 Å². The average Bonchev–Trinajstić information content (AvgIpc) is 3.06. The van der Waals surface area contributed by atoms with Gasteiger partial charge in [0.25, 0.3) is 0 Å². The van der Waals surface area contributed by atoms with E-state index in [4.69, 9.17) is 4.74 Å². The zero-order valence-corrected chi connectivity index (χ0v) is 13.5. The Labute approximate surface area is 133 Å². The second-order valence-electron chi connectivity index (χ2n) is 5.84. The highest BCUT2D eigenvalue weighted by Gasteiger charge is 2.27. The monoisotopic (exact) mass is 325 g/mol. The number of imidazole rings is 1. The van der Waals surface area contributed by atoms with Crippen LogP contribution in [0.2, 0.25) is 0 Å². The summed E-state index contributed by atoms with van der Waals surface area (Å²) in [6.45, 7) is 3.75. The summed E-state index contributed by atoms with van der Waals surface area (Å²) in [4.78, 5) is 6.27. The number of aryl methyl sites for hydroxylation is 1. The minimum absolute atomic E-state index is 0.146. The zero-order chi connectivity index (χ0) is 16.6. The van der Waals surface area contributed by atoms with Crippen LogP contribution < -0.4 is 0 Å². The first kappa shape index (κ1) is 16.1. The van der Waals surface area contributed by atoms with Crippen LogP contribution >= 0.6 is 0 Å². The first-order chi connectivity index (χ1) is 11.0. The lowest BCUT2D eigenvalue weighted by atomic mass is 10.0. The highest BCUT2D eigenvalue weighted by molar-refractivity contribution is 5.29. The molecule has 0 spiro atoms. The third-order valence-electron chi connectivity index (χ3n) is 4.42. The van der Waals surface area contributed by atoms with Gasteiger partial charge >= 0.3 is 6.55 Å². The molecule has 2 aromatic rings. The van der Waals surface area contributed by atoms with Gasteiger partial charge in [0.05, 0.1) is 31.5 Å². The van der Waals surface area contributed by atoms with Crippen molar-refractivity contribution in [2.24, 2.45) is 0 Å². The fourth-order valence-electron chi connectivity index (χ4n) is 3.12. The Balaban J connectivity index is 1.90. The van der Waals surface area contributed by atoms with E-state index in [1.54, 1.807) is 4.68 Å². The smallest absolute Gasteiger partial charge is 0.319 e. The Bertz CT molecular complexity index is 681. The van der Waals surface area contributed by atoms with Crippen molar-refractivity contribution in [1.82, 2.24) is 24.2 Å². The Morgan fingerprint density at radius 3 is 2.87 bits per heavy atom. The molecular formula is C15H21F2N5O. The van der Waals surface area contributed by atoms with Crippen LogP contribution in [0.3, 0.4) is 0 Å². The minimum Gasteiger partial charge on any atom is -0.378 e. The first-order valence-corrected chi connectivity index (χ1v) is 7.60. The summed E-state index contributed by atoms with van der Waals surface area (Å²) in [6.07, 6.45) is 2.67. The molecule has 3 heterocycles. The topological polar surface area (TPSA) is 48.1 Å². The summed E-state index contributed by atoms with van der Waals surface area (Å²) in [7, 11) is 2.06. The molecule has 0 bridgehead atoms. The maximum atomic E-state index is 13.0. The van der Waals surface area contributed by atoms with Gasteiger partial charge < -0.3 is 4.74 Å². The van der Waals surface area contributed by atoms with E-state index in [0.717, 1.165) is 34.7 Å². The van der Waals surface area contributed by atoms with Gasteiger partial charge in [-0.1, -0.05) is 0 Å². The summed E-state index contributed by atoms with van der Waals surface area (Å²) >= 11 is 0. The molecule has 1 fully saturated rings. The van der Waals surface area contributed by atoms with Gasteiger partial charge in [0.2, 0.25) is 0 Å². The first-order valence-electron chi connectivity index (χ1n) is 7.60. The number of likely N-dealkylation sites (N-methyl/N-ethyl adjacent to an activating group) is 1. The number of ether oxygens (including phenoxy) is 1. The van der Waals surface area contributed by atoms with Gasteiger partial charge in [0.15, 0.2) is 0 Å². The van der Waals surface area contributed by atoms with Crippen molar-refractivity contribution in [3.63, 3.8) is 0 Å². The molecule has 0 aromatic carbocycles. The highest BCUT2D eigenvalue weighted by Crippen LogP contribution is 2.28. The maximum Gasteiger partial charge on any atom is 0.319 e. The predicted octanol–water partition coefficient (Wildman–Crippen LogP) is 2.14. The van der Waals surface area contributed by atoms with Gasteiger partial charge in [-0.15, -0.1) is 0 Å². The number of halogens is 2. The van der Waals surface area contributed by atoms with Crippen molar-refractivity contribution in [3.05, 3.63) is 35.2 Å². The van der Waals surface area contributed by atoms with Gasteiger partial charge in [-0.3, -0.25) is 14.1 Å². The molecule has 0 aliphatic carbocycles. The minimum atomic E-state index is -2.60. The van der Waals surface area contributed by atoms with Crippen LogP contribution in [0.15, 0.2) is 12.4 Å². The molecule has 0 radical (unpaired) electrons. The van der Waals surface area contributed by atoms with E-state index in [9.17, 15) is 8.78 Å². The molecule has 126 valence electrons. The maximum absolute atomic E-state index is 13.0. The molecule has 1 atom stereocenters. The Morgan fingerprint density at radius 1 is 1.39 bits per heavy atom. The summed E-state index contributed by atoms with van der Waals surface area (Å²) in [5.74, 6) is 0.297. The third kappa shape index (κ3) is 3.00.